The van der Waals surface area contributed by atoms with Gasteiger partial charge in [0.05, 0.1) is 20.6 Å². The molecule has 5 nitrogen and oxygen atoms in total. The number of carboxylic acids is 1. The van der Waals surface area contributed by atoms with Gasteiger partial charge < -0.3 is 14.6 Å². The lowest BCUT2D eigenvalue weighted by molar-refractivity contribution is -0.149. The van der Waals surface area contributed by atoms with E-state index in [0.717, 1.165) is 0 Å². The fourth-order valence-electron chi connectivity index (χ4n) is 1.25. The van der Waals surface area contributed by atoms with Gasteiger partial charge in [-0.15, -0.1) is 0 Å². The summed E-state index contributed by atoms with van der Waals surface area (Å²) in [6.45, 7) is 3.23. The summed E-state index contributed by atoms with van der Waals surface area (Å²) in [5.74, 6) is -1.19. The van der Waals surface area contributed by atoms with Crippen LogP contribution in [0.2, 0.25) is 0 Å². The predicted octanol–water partition coefficient (Wildman–Crippen LogP) is 3.24. The highest BCUT2D eigenvalue weighted by Crippen LogP contribution is 2.34. The lowest BCUT2D eigenvalue weighted by atomic mass is 10.2. The Morgan fingerprint density at radius 3 is 2.21 bits per heavy atom. The topological polar surface area (TPSA) is 72.8 Å². The summed E-state index contributed by atoms with van der Waals surface area (Å²) < 4.78 is 11.1. The Morgan fingerprint density at radius 1 is 1.26 bits per heavy atom. The summed E-state index contributed by atoms with van der Waals surface area (Å²) in [6, 6.07) is 2.80. The molecular weight excluding hydrogens is 384 g/mol. The number of halogens is 2. The van der Waals surface area contributed by atoms with E-state index in [1.54, 1.807) is 13.8 Å². The van der Waals surface area contributed by atoms with Gasteiger partial charge in [-0.25, -0.2) is 9.59 Å². The Kier molecular flexibility index (Phi) is 5.81. The number of aromatic carboxylic acids is 1. The number of benzene rings is 1. The lowest BCUT2D eigenvalue weighted by Crippen LogP contribution is -2.19. The molecule has 1 rings (SSSR count). The van der Waals surface area contributed by atoms with Crippen LogP contribution in [0.5, 0.6) is 5.75 Å². The minimum absolute atomic E-state index is 0.107. The van der Waals surface area contributed by atoms with E-state index in [0.29, 0.717) is 14.7 Å². The van der Waals surface area contributed by atoms with E-state index in [2.05, 4.69) is 31.9 Å². The van der Waals surface area contributed by atoms with Gasteiger partial charge in [-0.2, -0.15) is 0 Å². The van der Waals surface area contributed by atoms with Crippen LogP contribution >= 0.6 is 31.9 Å². The largest absolute Gasteiger partial charge is 0.480 e. The monoisotopic (exact) mass is 394 g/mol. The minimum atomic E-state index is -1.05. The van der Waals surface area contributed by atoms with Gasteiger partial charge in [-0.1, -0.05) is 0 Å². The highest BCUT2D eigenvalue weighted by Gasteiger charge is 2.14. The van der Waals surface area contributed by atoms with Crippen molar-refractivity contribution in [2.24, 2.45) is 0 Å². The van der Waals surface area contributed by atoms with Crippen LogP contribution in [0.25, 0.3) is 0 Å². The zero-order chi connectivity index (χ0) is 14.6. The molecule has 0 heterocycles. The third-order valence-corrected chi connectivity index (χ3v) is 3.12. The molecule has 0 saturated carbocycles. The number of ether oxygens (including phenoxy) is 2. The maximum absolute atomic E-state index is 11.4. The highest BCUT2D eigenvalue weighted by atomic mass is 79.9. The molecule has 0 fully saturated rings. The molecule has 1 aromatic rings. The molecule has 0 aliphatic heterocycles. The van der Waals surface area contributed by atoms with Crippen LogP contribution in [0.4, 0.5) is 0 Å². The van der Waals surface area contributed by atoms with Crippen LogP contribution in [0.15, 0.2) is 21.1 Å². The van der Waals surface area contributed by atoms with Crippen molar-refractivity contribution in [1.82, 2.24) is 0 Å². The van der Waals surface area contributed by atoms with E-state index in [-0.39, 0.29) is 18.3 Å². The summed E-state index contributed by atoms with van der Waals surface area (Å²) in [6.07, 6.45) is -0.211. The van der Waals surface area contributed by atoms with Crippen molar-refractivity contribution < 1.29 is 24.2 Å². The van der Waals surface area contributed by atoms with Crippen molar-refractivity contribution in [2.75, 3.05) is 6.61 Å². The maximum Gasteiger partial charge on any atom is 0.344 e. The van der Waals surface area contributed by atoms with E-state index in [1.165, 1.54) is 12.1 Å². The van der Waals surface area contributed by atoms with Gasteiger partial charge in [0, 0.05) is 0 Å². The van der Waals surface area contributed by atoms with Crippen LogP contribution in [-0.2, 0) is 9.53 Å². The van der Waals surface area contributed by atoms with E-state index < -0.39 is 11.9 Å². The average Bonchev–Trinajstić information content (AvgIpc) is 2.26. The van der Waals surface area contributed by atoms with Crippen LogP contribution < -0.4 is 4.74 Å². The first-order valence-electron chi connectivity index (χ1n) is 5.36. The van der Waals surface area contributed by atoms with Crippen molar-refractivity contribution in [3.05, 3.63) is 26.6 Å². The van der Waals surface area contributed by atoms with Crippen LogP contribution in [0, 0.1) is 0 Å². The van der Waals surface area contributed by atoms with Crippen molar-refractivity contribution in [3.63, 3.8) is 0 Å². The number of hydrogen-bond acceptors (Lipinski definition) is 4. The number of carbonyl (C=O) groups excluding carboxylic acids is 1. The Morgan fingerprint density at radius 2 is 1.79 bits per heavy atom. The minimum Gasteiger partial charge on any atom is -0.480 e. The van der Waals surface area contributed by atoms with Crippen molar-refractivity contribution in [2.45, 2.75) is 20.0 Å². The predicted molar refractivity (Wildman–Crippen MR) is 75.5 cm³/mol. The van der Waals surface area contributed by atoms with Gasteiger partial charge in [0.15, 0.2) is 6.61 Å². The van der Waals surface area contributed by atoms with Crippen LogP contribution in [0.3, 0.4) is 0 Å². The molecule has 0 bridgehead atoms. The molecule has 1 N–H and O–H groups in total. The van der Waals surface area contributed by atoms with E-state index in [9.17, 15) is 9.59 Å². The van der Waals surface area contributed by atoms with Gasteiger partial charge in [0.25, 0.3) is 0 Å². The third-order valence-electron chi connectivity index (χ3n) is 1.95. The Hall–Kier alpha value is -1.08. The first-order chi connectivity index (χ1) is 8.81. The standard InChI is InChI=1S/C12H12Br2O5/c1-6(2)19-10(15)5-18-11-8(13)3-7(12(16)17)4-9(11)14/h3-4,6H,5H2,1-2H3,(H,16,17). The van der Waals surface area contributed by atoms with Crippen LogP contribution in [-0.4, -0.2) is 29.8 Å². The normalized spacial score (nSPS) is 10.4. The molecule has 0 radical (unpaired) electrons. The number of hydrogen-bond donors (Lipinski definition) is 1. The molecule has 104 valence electrons. The molecule has 7 heteroatoms. The fraction of sp³-hybridized carbons (Fsp3) is 0.333. The van der Waals surface area contributed by atoms with E-state index in [4.69, 9.17) is 14.6 Å². The summed E-state index contributed by atoms with van der Waals surface area (Å²) in [4.78, 5) is 22.2. The average molecular weight is 396 g/mol. The molecule has 0 amide bonds. The molecule has 0 aliphatic carbocycles. The summed E-state index contributed by atoms with van der Waals surface area (Å²) >= 11 is 6.39. The Labute approximate surface area is 127 Å². The molecule has 0 atom stereocenters. The second-order valence-corrected chi connectivity index (χ2v) is 5.61. The molecule has 19 heavy (non-hydrogen) atoms. The zero-order valence-electron chi connectivity index (χ0n) is 10.3. The highest BCUT2D eigenvalue weighted by molar-refractivity contribution is 9.11. The molecule has 0 unspecified atom stereocenters. The summed E-state index contributed by atoms with van der Waals surface area (Å²) in [7, 11) is 0. The van der Waals surface area contributed by atoms with Crippen molar-refractivity contribution in [3.8, 4) is 5.75 Å². The molecule has 0 aromatic heterocycles. The number of rotatable bonds is 5. The molecule has 0 saturated heterocycles. The fourth-order valence-corrected chi connectivity index (χ4v) is 2.66. The van der Waals surface area contributed by atoms with Gasteiger partial charge in [0.1, 0.15) is 5.75 Å². The first kappa shape index (κ1) is 16.0. The Bertz CT molecular complexity index is 476. The van der Waals surface area contributed by atoms with Gasteiger partial charge in [-0.3, -0.25) is 0 Å². The SMILES string of the molecule is CC(C)OC(=O)COc1c(Br)cc(C(=O)O)cc1Br. The van der Waals surface area contributed by atoms with Gasteiger partial charge in [-0.05, 0) is 57.8 Å². The number of esters is 1. The second kappa shape index (κ2) is 6.91. The van der Waals surface area contributed by atoms with E-state index >= 15 is 0 Å². The van der Waals surface area contributed by atoms with Gasteiger partial charge >= 0.3 is 11.9 Å². The molecule has 0 aliphatic rings. The summed E-state index contributed by atoms with van der Waals surface area (Å²) in [5.41, 5.74) is 0.107. The summed E-state index contributed by atoms with van der Waals surface area (Å²) in [5, 5.41) is 8.89. The second-order valence-electron chi connectivity index (χ2n) is 3.90. The molecular formula is C12H12Br2O5. The van der Waals surface area contributed by atoms with Crippen molar-refractivity contribution in [1.29, 1.82) is 0 Å². The van der Waals surface area contributed by atoms with E-state index in [1.807, 2.05) is 0 Å². The lowest BCUT2D eigenvalue weighted by Gasteiger charge is -2.12. The first-order valence-corrected chi connectivity index (χ1v) is 6.94. The molecule has 1 aromatic carbocycles. The number of carbonyl (C=O) groups is 2. The zero-order valence-corrected chi connectivity index (χ0v) is 13.4. The molecule has 0 spiro atoms. The smallest absolute Gasteiger partial charge is 0.344 e. The van der Waals surface area contributed by atoms with Crippen molar-refractivity contribution >= 4 is 43.8 Å². The maximum atomic E-state index is 11.4. The Balaban J connectivity index is 2.79. The van der Waals surface area contributed by atoms with Gasteiger partial charge in [0.2, 0.25) is 0 Å². The third kappa shape index (κ3) is 4.83. The van der Waals surface area contributed by atoms with Crippen LogP contribution in [0.1, 0.15) is 24.2 Å². The number of carboxylic acid groups (broad SMARTS) is 1. The quantitative estimate of drug-likeness (QED) is 0.774.